The van der Waals surface area contributed by atoms with Crippen molar-refractivity contribution in [2.45, 2.75) is 26.7 Å². The lowest BCUT2D eigenvalue weighted by molar-refractivity contribution is -0.148. The van der Waals surface area contributed by atoms with E-state index in [2.05, 4.69) is 14.9 Å². The Morgan fingerprint density at radius 2 is 1.92 bits per heavy atom. The maximum absolute atomic E-state index is 11.8. The summed E-state index contributed by atoms with van der Waals surface area (Å²) in [6.45, 7) is 5.84. The second-order valence-electron chi connectivity index (χ2n) is 6.14. The number of benzene rings is 1. The van der Waals surface area contributed by atoms with Gasteiger partial charge in [-0.2, -0.15) is 0 Å². The number of aryl methyl sites for hydroxylation is 1. The maximum Gasteiger partial charge on any atom is 0.309 e. The van der Waals surface area contributed by atoms with Crippen LogP contribution in [0.4, 0.5) is 5.82 Å². The number of ether oxygens (including phenoxy) is 2. The third-order valence-electron chi connectivity index (χ3n) is 4.31. The van der Waals surface area contributed by atoms with E-state index in [4.69, 9.17) is 9.47 Å². The highest BCUT2D eigenvalue weighted by Crippen LogP contribution is 2.26. The van der Waals surface area contributed by atoms with E-state index in [0.717, 1.165) is 37.5 Å². The summed E-state index contributed by atoms with van der Waals surface area (Å²) in [6.07, 6.45) is 3.06. The van der Waals surface area contributed by atoms with Crippen molar-refractivity contribution in [3.05, 3.63) is 42.2 Å². The van der Waals surface area contributed by atoms with Crippen molar-refractivity contribution in [1.82, 2.24) is 9.97 Å². The molecule has 0 N–H and O–H groups in total. The smallest absolute Gasteiger partial charge is 0.309 e. The number of carbonyl (C=O) groups excluding carboxylic acids is 1. The molecule has 1 aliphatic heterocycles. The van der Waals surface area contributed by atoms with E-state index in [1.54, 1.807) is 0 Å². The predicted molar refractivity (Wildman–Crippen MR) is 94.9 cm³/mol. The highest BCUT2D eigenvalue weighted by molar-refractivity contribution is 5.72. The second-order valence-corrected chi connectivity index (χ2v) is 6.14. The average molecular weight is 341 g/mol. The number of piperidine rings is 1. The summed E-state index contributed by atoms with van der Waals surface area (Å²) in [5.74, 6) is 1.98. The van der Waals surface area contributed by atoms with E-state index in [-0.39, 0.29) is 11.9 Å². The molecule has 0 spiro atoms. The van der Waals surface area contributed by atoms with Gasteiger partial charge in [0.1, 0.15) is 17.9 Å². The van der Waals surface area contributed by atoms with Crippen LogP contribution < -0.4 is 9.64 Å². The molecule has 6 nitrogen and oxygen atoms in total. The summed E-state index contributed by atoms with van der Waals surface area (Å²) >= 11 is 0. The molecule has 1 saturated heterocycles. The molecule has 1 fully saturated rings. The SMILES string of the molecule is CCOC(=O)C1CCN(c2cc(Oc3ccc(C)cc3)ncn2)CC1. The Morgan fingerprint density at radius 3 is 2.60 bits per heavy atom. The number of anilines is 1. The van der Waals surface area contributed by atoms with E-state index in [1.807, 2.05) is 44.2 Å². The van der Waals surface area contributed by atoms with Crippen molar-refractivity contribution in [2.24, 2.45) is 5.92 Å². The van der Waals surface area contributed by atoms with Gasteiger partial charge in [0, 0.05) is 19.2 Å². The molecule has 0 unspecified atom stereocenters. The largest absolute Gasteiger partial charge is 0.466 e. The number of hydrogen-bond acceptors (Lipinski definition) is 6. The number of aromatic nitrogens is 2. The highest BCUT2D eigenvalue weighted by atomic mass is 16.5. The molecule has 0 saturated carbocycles. The van der Waals surface area contributed by atoms with E-state index in [9.17, 15) is 4.79 Å². The Hall–Kier alpha value is -2.63. The zero-order valence-electron chi connectivity index (χ0n) is 14.6. The van der Waals surface area contributed by atoms with Crippen LogP contribution in [0.2, 0.25) is 0 Å². The lowest BCUT2D eigenvalue weighted by Gasteiger charge is -2.31. The first kappa shape index (κ1) is 17.2. The molecule has 3 rings (SSSR count). The summed E-state index contributed by atoms with van der Waals surface area (Å²) in [5.41, 5.74) is 1.18. The Morgan fingerprint density at radius 1 is 1.20 bits per heavy atom. The van der Waals surface area contributed by atoms with Crippen LogP contribution in [0, 0.1) is 12.8 Å². The summed E-state index contributed by atoms with van der Waals surface area (Å²) in [7, 11) is 0. The first-order chi connectivity index (χ1) is 12.2. The third kappa shape index (κ3) is 4.47. The van der Waals surface area contributed by atoms with E-state index in [1.165, 1.54) is 11.9 Å². The van der Waals surface area contributed by atoms with Crippen molar-refractivity contribution < 1.29 is 14.3 Å². The zero-order valence-corrected chi connectivity index (χ0v) is 14.6. The van der Waals surface area contributed by atoms with Crippen LogP contribution in [0.25, 0.3) is 0 Å². The van der Waals surface area contributed by atoms with Crippen LogP contribution in [0.3, 0.4) is 0 Å². The minimum atomic E-state index is -0.0896. The van der Waals surface area contributed by atoms with Gasteiger partial charge in [-0.05, 0) is 38.8 Å². The fourth-order valence-electron chi connectivity index (χ4n) is 2.89. The first-order valence-electron chi connectivity index (χ1n) is 8.64. The summed E-state index contributed by atoms with van der Waals surface area (Å²) in [6, 6.07) is 9.67. The molecule has 0 amide bonds. The summed E-state index contributed by atoms with van der Waals surface area (Å²) in [4.78, 5) is 22.5. The Labute approximate surface area is 147 Å². The van der Waals surface area contributed by atoms with Crippen LogP contribution in [0.1, 0.15) is 25.3 Å². The molecule has 1 aromatic carbocycles. The number of nitrogens with zero attached hydrogens (tertiary/aromatic N) is 3. The fraction of sp³-hybridized carbons (Fsp3) is 0.421. The van der Waals surface area contributed by atoms with Gasteiger partial charge in [-0.1, -0.05) is 17.7 Å². The molecule has 6 heteroatoms. The molecule has 0 aliphatic carbocycles. The van der Waals surface area contributed by atoms with Gasteiger partial charge in [-0.3, -0.25) is 4.79 Å². The molecular formula is C19H23N3O3. The Bertz CT molecular complexity index is 710. The monoisotopic (exact) mass is 341 g/mol. The molecule has 132 valence electrons. The molecule has 25 heavy (non-hydrogen) atoms. The van der Waals surface area contributed by atoms with Crippen molar-refractivity contribution in [2.75, 3.05) is 24.6 Å². The van der Waals surface area contributed by atoms with Crippen LogP contribution in [0.15, 0.2) is 36.7 Å². The number of esters is 1. The van der Waals surface area contributed by atoms with Crippen molar-refractivity contribution in [1.29, 1.82) is 0 Å². The number of carbonyl (C=O) groups is 1. The van der Waals surface area contributed by atoms with Gasteiger partial charge in [0.05, 0.1) is 12.5 Å². The topological polar surface area (TPSA) is 64.5 Å². The van der Waals surface area contributed by atoms with E-state index in [0.29, 0.717) is 12.5 Å². The van der Waals surface area contributed by atoms with Gasteiger partial charge in [-0.25, -0.2) is 9.97 Å². The molecule has 2 aromatic rings. The minimum Gasteiger partial charge on any atom is -0.466 e. The minimum absolute atomic E-state index is 0.0127. The highest BCUT2D eigenvalue weighted by Gasteiger charge is 2.26. The van der Waals surface area contributed by atoms with Crippen LogP contribution in [-0.4, -0.2) is 35.6 Å². The van der Waals surface area contributed by atoms with Crippen LogP contribution >= 0.6 is 0 Å². The van der Waals surface area contributed by atoms with Gasteiger partial charge in [0.25, 0.3) is 0 Å². The van der Waals surface area contributed by atoms with E-state index >= 15 is 0 Å². The molecule has 0 bridgehead atoms. The Kier molecular flexibility index (Phi) is 5.48. The Balaban J connectivity index is 1.62. The van der Waals surface area contributed by atoms with Crippen molar-refractivity contribution in [3.8, 4) is 11.6 Å². The van der Waals surface area contributed by atoms with Gasteiger partial charge < -0.3 is 14.4 Å². The summed E-state index contributed by atoms with van der Waals surface area (Å²) in [5, 5.41) is 0. The molecule has 1 aliphatic rings. The second kappa shape index (κ2) is 7.96. The normalized spacial score (nSPS) is 15.0. The van der Waals surface area contributed by atoms with Gasteiger partial charge >= 0.3 is 5.97 Å². The fourth-order valence-corrected chi connectivity index (χ4v) is 2.89. The number of hydrogen-bond donors (Lipinski definition) is 0. The van der Waals surface area contributed by atoms with Gasteiger partial charge in [0.2, 0.25) is 5.88 Å². The maximum atomic E-state index is 11.8. The molecule has 0 radical (unpaired) electrons. The van der Waals surface area contributed by atoms with Crippen LogP contribution in [-0.2, 0) is 9.53 Å². The average Bonchev–Trinajstić information content (AvgIpc) is 2.64. The quantitative estimate of drug-likeness (QED) is 0.777. The van der Waals surface area contributed by atoms with Gasteiger partial charge in [0.15, 0.2) is 0 Å². The lowest BCUT2D eigenvalue weighted by Crippen LogP contribution is -2.37. The first-order valence-corrected chi connectivity index (χ1v) is 8.64. The van der Waals surface area contributed by atoms with Crippen molar-refractivity contribution >= 4 is 11.8 Å². The molecule has 2 heterocycles. The molecule has 1 aromatic heterocycles. The predicted octanol–water partition coefficient (Wildman–Crippen LogP) is 3.36. The number of rotatable bonds is 5. The molecular weight excluding hydrogens is 318 g/mol. The summed E-state index contributed by atoms with van der Waals surface area (Å²) < 4.78 is 10.9. The van der Waals surface area contributed by atoms with Crippen LogP contribution in [0.5, 0.6) is 11.6 Å². The van der Waals surface area contributed by atoms with E-state index < -0.39 is 0 Å². The van der Waals surface area contributed by atoms with Gasteiger partial charge in [-0.15, -0.1) is 0 Å². The lowest BCUT2D eigenvalue weighted by atomic mass is 9.97. The third-order valence-corrected chi connectivity index (χ3v) is 4.31. The molecule has 0 atom stereocenters. The zero-order chi connectivity index (χ0) is 17.6. The van der Waals surface area contributed by atoms with Crippen molar-refractivity contribution in [3.63, 3.8) is 0 Å². The standard InChI is InChI=1S/C19H23N3O3/c1-3-24-19(23)15-8-10-22(11-9-15)17-12-18(21-13-20-17)25-16-6-4-14(2)5-7-16/h4-7,12-13,15H,3,8-11H2,1-2H3.